The smallest absolute Gasteiger partial charge is 0.323 e. The topological polar surface area (TPSA) is 49.8 Å². The zero-order valence-corrected chi connectivity index (χ0v) is 11.6. The van der Waals surface area contributed by atoms with Gasteiger partial charge in [-0.2, -0.15) is 0 Å². The van der Waals surface area contributed by atoms with E-state index in [9.17, 15) is 9.90 Å². The highest BCUT2D eigenvalue weighted by Crippen LogP contribution is 2.27. The SMILES string of the molecule is C[C@H]1C[C@H](N2CC=C(c3ccc(O)cc3)CC2)C(=O)O1. The van der Waals surface area contributed by atoms with Crippen molar-refractivity contribution in [3.8, 4) is 5.75 Å². The van der Waals surface area contributed by atoms with Gasteiger partial charge in [-0.05, 0) is 36.6 Å². The van der Waals surface area contributed by atoms with E-state index in [1.165, 1.54) is 5.57 Å². The highest BCUT2D eigenvalue weighted by Gasteiger charge is 2.36. The molecule has 1 saturated heterocycles. The fourth-order valence-corrected chi connectivity index (χ4v) is 2.94. The van der Waals surface area contributed by atoms with Gasteiger partial charge < -0.3 is 9.84 Å². The largest absolute Gasteiger partial charge is 0.508 e. The summed E-state index contributed by atoms with van der Waals surface area (Å²) in [6, 6.07) is 7.20. The summed E-state index contributed by atoms with van der Waals surface area (Å²) in [6.45, 7) is 3.60. The average Bonchev–Trinajstić information content (AvgIpc) is 2.79. The first-order valence-electron chi connectivity index (χ1n) is 7.06. The van der Waals surface area contributed by atoms with Gasteiger partial charge in [0.25, 0.3) is 0 Å². The molecule has 2 atom stereocenters. The molecule has 4 heteroatoms. The molecule has 1 aromatic rings. The van der Waals surface area contributed by atoms with Crippen molar-refractivity contribution in [1.29, 1.82) is 0 Å². The monoisotopic (exact) mass is 273 g/mol. The summed E-state index contributed by atoms with van der Waals surface area (Å²) >= 11 is 0. The van der Waals surface area contributed by atoms with Crippen LogP contribution in [0.15, 0.2) is 30.3 Å². The number of carbonyl (C=O) groups is 1. The molecule has 2 aliphatic heterocycles. The minimum atomic E-state index is -0.0843. The van der Waals surface area contributed by atoms with Crippen molar-refractivity contribution < 1.29 is 14.6 Å². The molecule has 4 nitrogen and oxygen atoms in total. The van der Waals surface area contributed by atoms with Gasteiger partial charge in [-0.1, -0.05) is 18.2 Å². The maximum Gasteiger partial charge on any atom is 0.323 e. The molecule has 0 bridgehead atoms. The Balaban J connectivity index is 1.69. The molecule has 0 aromatic heterocycles. The van der Waals surface area contributed by atoms with E-state index in [-0.39, 0.29) is 23.9 Å². The van der Waals surface area contributed by atoms with Crippen molar-refractivity contribution in [2.75, 3.05) is 13.1 Å². The van der Waals surface area contributed by atoms with Crippen LogP contribution < -0.4 is 0 Å². The lowest BCUT2D eigenvalue weighted by molar-refractivity contribution is -0.144. The average molecular weight is 273 g/mol. The lowest BCUT2D eigenvalue weighted by atomic mass is 9.98. The van der Waals surface area contributed by atoms with Crippen LogP contribution >= 0.6 is 0 Å². The Morgan fingerprint density at radius 1 is 1.30 bits per heavy atom. The molecule has 1 aromatic carbocycles. The first-order valence-corrected chi connectivity index (χ1v) is 7.06. The van der Waals surface area contributed by atoms with Crippen molar-refractivity contribution in [3.05, 3.63) is 35.9 Å². The number of benzene rings is 1. The number of phenolic OH excluding ortho intramolecular Hbond substituents is 1. The Kier molecular flexibility index (Phi) is 3.49. The van der Waals surface area contributed by atoms with Crippen LogP contribution in [0.1, 0.15) is 25.3 Å². The van der Waals surface area contributed by atoms with Crippen molar-refractivity contribution in [3.63, 3.8) is 0 Å². The summed E-state index contributed by atoms with van der Waals surface area (Å²) in [5.74, 6) is 0.202. The van der Waals surface area contributed by atoms with Crippen LogP contribution in [0.25, 0.3) is 5.57 Å². The second-order valence-corrected chi connectivity index (χ2v) is 5.52. The van der Waals surface area contributed by atoms with Gasteiger partial charge in [0.2, 0.25) is 0 Å². The van der Waals surface area contributed by atoms with Crippen LogP contribution in [-0.4, -0.2) is 41.2 Å². The number of esters is 1. The van der Waals surface area contributed by atoms with Crippen LogP contribution in [-0.2, 0) is 9.53 Å². The predicted molar refractivity (Wildman–Crippen MR) is 76.2 cm³/mol. The predicted octanol–water partition coefficient (Wildman–Crippen LogP) is 2.19. The lowest BCUT2D eigenvalue weighted by Crippen LogP contribution is -2.41. The highest BCUT2D eigenvalue weighted by molar-refractivity contribution is 5.78. The number of carbonyl (C=O) groups excluding carboxylic acids is 1. The molecule has 0 spiro atoms. The molecule has 2 aliphatic rings. The van der Waals surface area contributed by atoms with Crippen molar-refractivity contribution in [2.45, 2.75) is 31.9 Å². The Morgan fingerprint density at radius 3 is 2.60 bits per heavy atom. The molecule has 2 heterocycles. The van der Waals surface area contributed by atoms with E-state index in [1.807, 2.05) is 19.1 Å². The number of cyclic esters (lactones) is 1. The maximum atomic E-state index is 11.8. The molecule has 20 heavy (non-hydrogen) atoms. The number of ether oxygens (including phenoxy) is 1. The van der Waals surface area contributed by atoms with Gasteiger partial charge in [-0.15, -0.1) is 0 Å². The van der Waals surface area contributed by atoms with Crippen LogP contribution in [0.3, 0.4) is 0 Å². The van der Waals surface area contributed by atoms with Gasteiger partial charge >= 0.3 is 5.97 Å². The number of aromatic hydroxyl groups is 1. The molecule has 106 valence electrons. The summed E-state index contributed by atoms with van der Waals surface area (Å²) in [5.41, 5.74) is 2.42. The summed E-state index contributed by atoms with van der Waals surface area (Å²) in [4.78, 5) is 14.0. The molecule has 3 rings (SSSR count). The molecule has 0 amide bonds. The van der Waals surface area contributed by atoms with Gasteiger partial charge in [0.05, 0.1) is 0 Å². The minimum Gasteiger partial charge on any atom is -0.508 e. The zero-order chi connectivity index (χ0) is 14.1. The van der Waals surface area contributed by atoms with Gasteiger partial charge in [-0.3, -0.25) is 9.69 Å². The Bertz CT molecular complexity index is 535. The molecule has 1 N–H and O–H groups in total. The Morgan fingerprint density at radius 2 is 2.05 bits per heavy atom. The van der Waals surface area contributed by atoms with Crippen LogP contribution in [0.4, 0.5) is 0 Å². The third kappa shape index (κ3) is 2.56. The number of hydrogen-bond donors (Lipinski definition) is 1. The first kappa shape index (κ1) is 13.2. The van der Waals surface area contributed by atoms with Crippen LogP contribution in [0.2, 0.25) is 0 Å². The normalized spacial score (nSPS) is 27.2. The molecule has 0 aliphatic carbocycles. The van der Waals surface area contributed by atoms with Gasteiger partial charge in [0.1, 0.15) is 17.9 Å². The third-order valence-corrected chi connectivity index (χ3v) is 4.06. The van der Waals surface area contributed by atoms with E-state index in [1.54, 1.807) is 12.1 Å². The Labute approximate surface area is 118 Å². The fraction of sp³-hybridized carbons (Fsp3) is 0.438. The molecule has 1 fully saturated rings. The van der Waals surface area contributed by atoms with Gasteiger partial charge in [-0.25, -0.2) is 0 Å². The van der Waals surface area contributed by atoms with Crippen molar-refractivity contribution in [2.24, 2.45) is 0 Å². The third-order valence-electron chi connectivity index (χ3n) is 4.06. The number of phenols is 1. The van der Waals surface area contributed by atoms with Gasteiger partial charge in [0, 0.05) is 19.5 Å². The van der Waals surface area contributed by atoms with Crippen LogP contribution in [0.5, 0.6) is 5.75 Å². The molecule has 0 radical (unpaired) electrons. The standard InChI is InChI=1S/C16H19NO3/c1-11-10-15(16(19)20-11)17-8-6-13(7-9-17)12-2-4-14(18)5-3-12/h2-6,11,15,18H,7-10H2,1H3/t11-,15-/m0/s1. The van der Waals surface area contributed by atoms with E-state index in [0.717, 1.165) is 31.5 Å². The molecule has 0 unspecified atom stereocenters. The summed E-state index contributed by atoms with van der Waals surface area (Å²) in [5, 5.41) is 9.32. The Hall–Kier alpha value is -1.81. The van der Waals surface area contributed by atoms with Gasteiger partial charge in [0.15, 0.2) is 0 Å². The van der Waals surface area contributed by atoms with Crippen molar-refractivity contribution in [1.82, 2.24) is 4.90 Å². The summed E-state index contributed by atoms with van der Waals surface area (Å²) in [7, 11) is 0. The molecule has 0 saturated carbocycles. The van der Waals surface area contributed by atoms with E-state index in [4.69, 9.17) is 4.74 Å². The first-order chi connectivity index (χ1) is 9.63. The second-order valence-electron chi connectivity index (χ2n) is 5.52. The van der Waals surface area contributed by atoms with E-state index in [2.05, 4.69) is 11.0 Å². The minimum absolute atomic E-state index is 0.0370. The number of hydrogen-bond acceptors (Lipinski definition) is 4. The van der Waals surface area contributed by atoms with E-state index >= 15 is 0 Å². The van der Waals surface area contributed by atoms with Crippen molar-refractivity contribution >= 4 is 11.5 Å². The number of nitrogens with zero attached hydrogens (tertiary/aromatic N) is 1. The quantitative estimate of drug-likeness (QED) is 0.839. The van der Waals surface area contributed by atoms with E-state index < -0.39 is 0 Å². The molecular formula is C16H19NO3. The highest BCUT2D eigenvalue weighted by atomic mass is 16.6. The second kappa shape index (κ2) is 5.29. The molecular weight excluding hydrogens is 254 g/mol. The lowest BCUT2D eigenvalue weighted by Gasteiger charge is -2.29. The van der Waals surface area contributed by atoms with E-state index in [0.29, 0.717) is 0 Å². The fourth-order valence-electron chi connectivity index (χ4n) is 2.94. The number of rotatable bonds is 2. The zero-order valence-electron chi connectivity index (χ0n) is 11.6. The van der Waals surface area contributed by atoms with Crippen LogP contribution in [0, 0.1) is 0 Å². The summed E-state index contributed by atoms with van der Waals surface area (Å²) < 4.78 is 5.22. The maximum absolute atomic E-state index is 11.8. The summed E-state index contributed by atoms with van der Waals surface area (Å²) in [6.07, 6.45) is 3.92.